The molecule has 2 aromatic carbocycles. The van der Waals surface area contributed by atoms with E-state index in [0.29, 0.717) is 11.3 Å². The number of halogens is 1. The van der Waals surface area contributed by atoms with Crippen LogP contribution < -0.4 is 9.64 Å². The molecule has 0 aromatic heterocycles. The van der Waals surface area contributed by atoms with Crippen LogP contribution in [0, 0.1) is 5.82 Å². The molecule has 1 amide bonds. The predicted molar refractivity (Wildman–Crippen MR) is 96.9 cm³/mol. The average molecular weight is 375 g/mol. The van der Waals surface area contributed by atoms with Gasteiger partial charge >= 0.3 is 5.97 Å². The Kier molecular flexibility index (Phi) is 5.78. The fraction of sp³-hybridized carbons (Fsp3) is 0.263. The third-order valence-corrected chi connectivity index (χ3v) is 5.01. The number of para-hydroxylation sites is 1. The number of methoxy groups -OCH3 is 1. The molecule has 0 atom stereocenters. The smallest absolute Gasteiger partial charge is 0.307 e. The molecule has 0 unspecified atom stereocenters. The van der Waals surface area contributed by atoms with Crippen LogP contribution in [0.3, 0.4) is 0 Å². The van der Waals surface area contributed by atoms with Crippen LogP contribution in [-0.2, 0) is 20.9 Å². The van der Waals surface area contributed by atoms with Gasteiger partial charge in [0.15, 0.2) is 11.6 Å². The molecule has 3 rings (SSSR count). The molecule has 26 heavy (non-hydrogen) atoms. The second-order valence-corrected chi connectivity index (χ2v) is 6.70. The number of rotatable bonds is 6. The fourth-order valence-corrected chi connectivity index (χ4v) is 3.57. The molecule has 136 valence electrons. The molecule has 1 heterocycles. The van der Waals surface area contributed by atoms with Gasteiger partial charge in [0, 0.05) is 11.4 Å². The van der Waals surface area contributed by atoms with Crippen LogP contribution in [0.5, 0.6) is 5.75 Å². The van der Waals surface area contributed by atoms with Crippen molar-refractivity contribution in [2.75, 3.05) is 24.3 Å². The topological polar surface area (TPSA) is 55.8 Å². The van der Waals surface area contributed by atoms with Gasteiger partial charge in [0.05, 0.1) is 25.0 Å². The van der Waals surface area contributed by atoms with E-state index in [1.165, 1.54) is 31.0 Å². The fourth-order valence-electron chi connectivity index (χ4n) is 2.64. The number of anilines is 1. The van der Waals surface area contributed by atoms with Gasteiger partial charge in [-0.15, -0.1) is 11.8 Å². The third kappa shape index (κ3) is 4.16. The summed E-state index contributed by atoms with van der Waals surface area (Å²) in [4.78, 5) is 26.8. The van der Waals surface area contributed by atoms with Crippen LogP contribution in [0.25, 0.3) is 0 Å². The Bertz CT molecular complexity index is 827. The second kappa shape index (κ2) is 8.23. The van der Waals surface area contributed by atoms with Gasteiger partial charge in [-0.1, -0.05) is 18.2 Å². The zero-order valence-corrected chi connectivity index (χ0v) is 15.1. The highest BCUT2D eigenvalue weighted by Crippen LogP contribution is 2.34. The van der Waals surface area contributed by atoms with Crippen LogP contribution in [0.2, 0.25) is 0 Å². The predicted octanol–water partition coefficient (Wildman–Crippen LogP) is 3.41. The van der Waals surface area contributed by atoms with Crippen molar-refractivity contribution >= 4 is 29.3 Å². The summed E-state index contributed by atoms with van der Waals surface area (Å²) >= 11 is 1.49. The minimum Gasteiger partial charge on any atom is -0.494 e. The molecular formula is C19H18FNO4S. The molecule has 0 aliphatic carbocycles. The van der Waals surface area contributed by atoms with Gasteiger partial charge in [-0.25, -0.2) is 4.39 Å². The molecule has 0 radical (unpaired) electrons. The van der Waals surface area contributed by atoms with Gasteiger partial charge in [0.2, 0.25) is 5.91 Å². The first-order valence-corrected chi connectivity index (χ1v) is 9.07. The largest absolute Gasteiger partial charge is 0.494 e. The number of amides is 1. The number of hydrogen-bond acceptors (Lipinski definition) is 5. The Morgan fingerprint density at radius 3 is 2.85 bits per heavy atom. The number of carbonyl (C=O) groups excluding carboxylic acids is 2. The maximum Gasteiger partial charge on any atom is 0.307 e. The van der Waals surface area contributed by atoms with E-state index in [4.69, 9.17) is 9.47 Å². The molecule has 7 heteroatoms. The Labute approximate surface area is 155 Å². The Balaban J connectivity index is 1.54. The number of hydrogen-bond donors (Lipinski definition) is 0. The van der Waals surface area contributed by atoms with E-state index >= 15 is 0 Å². The SMILES string of the molecule is COc1ccc(COC(=O)CCN2C(=O)CSc3ccccc32)cc1F. The van der Waals surface area contributed by atoms with Crippen LogP contribution >= 0.6 is 11.8 Å². The van der Waals surface area contributed by atoms with Crippen molar-refractivity contribution in [3.8, 4) is 5.75 Å². The Morgan fingerprint density at radius 2 is 2.08 bits per heavy atom. The third-order valence-electron chi connectivity index (χ3n) is 3.96. The van der Waals surface area contributed by atoms with E-state index in [1.807, 2.05) is 24.3 Å². The number of carbonyl (C=O) groups is 2. The first kappa shape index (κ1) is 18.3. The van der Waals surface area contributed by atoms with Crippen molar-refractivity contribution in [1.82, 2.24) is 0 Å². The van der Waals surface area contributed by atoms with Crippen LogP contribution in [0.4, 0.5) is 10.1 Å². The highest BCUT2D eigenvalue weighted by molar-refractivity contribution is 8.00. The number of nitrogens with zero attached hydrogens (tertiary/aromatic N) is 1. The lowest BCUT2D eigenvalue weighted by Gasteiger charge is -2.28. The number of ether oxygens (including phenoxy) is 2. The van der Waals surface area contributed by atoms with Crippen LogP contribution in [0.15, 0.2) is 47.4 Å². The van der Waals surface area contributed by atoms with Gasteiger partial charge in [-0.05, 0) is 29.8 Å². The zero-order valence-electron chi connectivity index (χ0n) is 14.2. The quantitative estimate of drug-likeness (QED) is 0.725. The second-order valence-electron chi connectivity index (χ2n) is 5.68. The lowest BCUT2D eigenvalue weighted by molar-refractivity contribution is -0.144. The van der Waals surface area contributed by atoms with E-state index in [2.05, 4.69) is 0 Å². The van der Waals surface area contributed by atoms with Crippen molar-refractivity contribution < 1.29 is 23.5 Å². The lowest BCUT2D eigenvalue weighted by Crippen LogP contribution is -2.37. The summed E-state index contributed by atoms with van der Waals surface area (Å²) < 4.78 is 23.7. The van der Waals surface area contributed by atoms with Crippen LogP contribution in [0.1, 0.15) is 12.0 Å². The molecule has 0 saturated carbocycles. The molecule has 2 aromatic rings. The summed E-state index contributed by atoms with van der Waals surface area (Å²) in [5.41, 5.74) is 1.35. The Hall–Kier alpha value is -2.54. The van der Waals surface area contributed by atoms with Gasteiger partial charge in [-0.3, -0.25) is 9.59 Å². The number of esters is 1. The van der Waals surface area contributed by atoms with Crippen molar-refractivity contribution in [1.29, 1.82) is 0 Å². The summed E-state index contributed by atoms with van der Waals surface area (Å²) in [7, 11) is 1.39. The maximum atomic E-state index is 13.6. The lowest BCUT2D eigenvalue weighted by atomic mass is 10.2. The maximum absolute atomic E-state index is 13.6. The van der Waals surface area contributed by atoms with Crippen LogP contribution in [-0.4, -0.2) is 31.3 Å². The molecule has 1 aliphatic heterocycles. The van der Waals surface area contributed by atoms with E-state index < -0.39 is 11.8 Å². The van der Waals surface area contributed by atoms with E-state index in [1.54, 1.807) is 11.0 Å². The van der Waals surface area contributed by atoms with Crippen molar-refractivity contribution in [3.05, 3.63) is 53.8 Å². The van der Waals surface area contributed by atoms with Gasteiger partial charge < -0.3 is 14.4 Å². The van der Waals surface area contributed by atoms with Crippen molar-refractivity contribution in [3.63, 3.8) is 0 Å². The van der Waals surface area contributed by atoms with Gasteiger partial charge in [-0.2, -0.15) is 0 Å². The number of fused-ring (bicyclic) bond motifs is 1. The van der Waals surface area contributed by atoms with Crippen molar-refractivity contribution in [2.45, 2.75) is 17.9 Å². The summed E-state index contributed by atoms with van der Waals surface area (Å²) in [6, 6.07) is 12.0. The Morgan fingerprint density at radius 1 is 1.27 bits per heavy atom. The van der Waals surface area contributed by atoms with Gasteiger partial charge in [0.1, 0.15) is 6.61 Å². The summed E-state index contributed by atoms with van der Waals surface area (Å²) in [5, 5.41) is 0. The minimum atomic E-state index is -0.505. The highest BCUT2D eigenvalue weighted by atomic mass is 32.2. The highest BCUT2D eigenvalue weighted by Gasteiger charge is 2.24. The zero-order chi connectivity index (χ0) is 18.5. The van der Waals surface area contributed by atoms with E-state index in [-0.39, 0.29) is 31.2 Å². The molecule has 0 N–H and O–H groups in total. The molecule has 1 aliphatic rings. The standard InChI is InChI=1S/C19H18FNO4S/c1-24-16-7-6-13(10-14(16)20)11-25-19(23)8-9-21-15-4-2-3-5-17(15)26-12-18(21)22/h2-7,10H,8-9,11-12H2,1H3. The summed E-state index contributed by atoms with van der Waals surface area (Å²) in [5.74, 6) is -0.477. The first-order valence-electron chi connectivity index (χ1n) is 8.08. The molecule has 5 nitrogen and oxygen atoms in total. The normalized spacial score (nSPS) is 13.3. The first-order chi connectivity index (χ1) is 12.6. The monoisotopic (exact) mass is 375 g/mol. The molecule has 0 spiro atoms. The summed E-state index contributed by atoms with van der Waals surface area (Å²) in [6.45, 7) is 0.229. The molecule has 0 bridgehead atoms. The number of thioether (sulfide) groups is 1. The molecule has 0 saturated heterocycles. The summed E-state index contributed by atoms with van der Waals surface area (Å²) in [6.07, 6.45) is 0.0728. The molecule has 0 fully saturated rings. The van der Waals surface area contributed by atoms with E-state index in [9.17, 15) is 14.0 Å². The number of benzene rings is 2. The minimum absolute atomic E-state index is 0.0276. The van der Waals surface area contributed by atoms with Gasteiger partial charge in [0.25, 0.3) is 0 Å². The molecular weight excluding hydrogens is 357 g/mol. The van der Waals surface area contributed by atoms with E-state index in [0.717, 1.165) is 10.6 Å². The van der Waals surface area contributed by atoms with Crippen molar-refractivity contribution in [2.24, 2.45) is 0 Å². The average Bonchev–Trinajstić information content (AvgIpc) is 2.65.